The Balaban J connectivity index is 1.61. The van der Waals surface area contributed by atoms with Crippen molar-refractivity contribution in [1.29, 1.82) is 0 Å². The molecule has 33 heavy (non-hydrogen) atoms. The lowest BCUT2D eigenvalue weighted by molar-refractivity contribution is 0.0772. The lowest BCUT2D eigenvalue weighted by atomic mass is 9.71. The van der Waals surface area contributed by atoms with Gasteiger partial charge in [-0.3, -0.25) is 9.69 Å². The van der Waals surface area contributed by atoms with Crippen LogP contribution in [0, 0.1) is 0 Å². The highest BCUT2D eigenvalue weighted by Crippen LogP contribution is 2.41. The van der Waals surface area contributed by atoms with E-state index in [2.05, 4.69) is 29.2 Å². The lowest BCUT2D eigenvalue weighted by Gasteiger charge is -2.41. The second kappa shape index (κ2) is 10.1. The molecule has 0 saturated carbocycles. The van der Waals surface area contributed by atoms with E-state index in [1.165, 1.54) is 5.56 Å². The van der Waals surface area contributed by atoms with E-state index in [1.807, 2.05) is 38.1 Å². The van der Waals surface area contributed by atoms with Crippen LogP contribution in [0.3, 0.4) is 0 Å². The Hall–Kier alpha value is -3.25. The van der Waals surface area contributed by atoms with Gasteiger partial charge in [0.05, 0.1) is 11.0 Å². The zero-order valence-corrected chi connectivity index (χ0v) is 19.4. The van der Waals surface area contributed by atoms with Crippen LogP contribution in [0.4, 0.5) is 0 Å². The van der Waals surface area contributed by atoms with Crippen molar-refractivity contribution < 1.29 is 9.90 Å². The summed E-state index contributed by atoms with van der Waals surface area (Å²) in [6, 6.07) is 17.9. The number of benzene rings is 2. The summed E-state index contributed by atoms with van der Waals surface area (Å²) in [5.74, 6) is 0.908. The number of aromatic hydroxyl groups is 1. The van der Waals surface area contributed by atoms with Crippen molar-refractivity contribution in [3.8, 4) is 5.75 Å². The van der Waals surface area contributed by atoms with Gasteiger partial charge in [0.2, 0.25) is 0 Å². The first-order valence-corrected chi connectivity index (χ1v) is 11.7. The summed E-state index contributed by atoms with van der Waals surface area (Å²) < 4.78 is 0. The van der Waals surface area contributed by atoms with Crippen LogP contribution in [0.2, 0.25) is 0 Å². The highest BCUT2D eigenvalue weighted by molar-refractivity contribution is 5.93. The first-order chi connectivity index (χ1) is 16.1. The van der Waals surface area contributed by atoms with Crippen molar-refractivity contribution >= 4 is 5.91 Å². The molecule has 1 fully saturated rings. The Bertz CT molecular complexity index is 1060. The smallest absolute Gasteiger partial charge is 0.256 e. The fourth-order valence-electron chi connectivity index (χ4n) is 4.76. The third-order valence-corrected chi connectivity index (χ3v) is 6.73. The van der Waals surface area contributed by atoms with Gasteiger partial charge in [0, 0.05) is 32.0 Å². The molecule has 1 amide bonds. The van der Waals surface area contributed by atoms with E-state index in [-0.39, 0.29) is 11.7 Å². The molecule has 1 aromatic heterocycles. The van der Waals surface area contributed by atoms with Gasteiger partial charge in [-0.15, -0.1) is 0 Å². The predicted molar refractivity (Wildman–Crippen MR) is 129 cm³/mol. The molecule has 1 aliphatic rings. The quantitative estimate of drug-likeness (QED) is 0.590. The molecule has 0 radical (unpaired) electrons. The van der Waals surface area contributed by atoms with Gasteiger partial charge in [-0.05, 0) is 63.0 Å². The average molecular weight is 445 g/mol. The van der Waals surface area contributed by atoms with Gasteiger partial charge in [0.1, 0.15) is 11.6 Å². The van der Waals surface area contributed by atoms with Crippen molar-refractivity contribution in [2.24, 2.45) is 0 Å². The highest BCUT2D eigenvalue weighted by Gasteiger charge is 2.40. The normalized spacial score (nSPS) is 15.8. The Kier molecular flexibility index (Phi) is 7.04. The largest absolute Gasteiger partial charge is 0.508 e. The molecular formula is C27H32N4O2. The fourth-order valence-corrected chi connectivity index (χ4v) is 4.76. The molecule has 1 N–H and O–H groups in total. The number of piperidine rings is 1. The minimum Gasteiger partial charge on any atom is -0.508 e. The van der Waals surface area contributed by atoms with E-state index < -0.39 is 5.41 Å². The standard InChI is InChI=1S/C27H32N4O2/c1-3-31(4-2)25(33)22-18-28-26(29-19-22)27(23-11-8-12-24(32)17-23)13-15-30(16-14-27)20-21-9-6-5-7-10-21/h5-12,17-19,32H,3-4,13-16,20H2,1-2H3. The van der Waals surface area contributed by atoms with E-state index in [9.17, 15) is 9.90 Å². The molecule has 172 valence electrons. The van der Waals surface area contributed by atoms with Crippen molar-refractivity contribution in [2.45, 2.75) is 38.6 Å². The van der Waals surface area contributed by atoms with E-state index in [1.54, 1.807) is 23.4 Å². The first-order valence-electron chi connectivity index (χ1n) is 11.7. The fraction of sp³-hybridized carbons (Fsp3) is 0.370. The molecule has 0 unspecified atom stereocenters. The van der Waals surface area contributed by atoms with E-state index >= 15 is 0 Å². The Morgan fingerprint density at radius 2 is 1.67 bits per heavy atom. The second-order valence-corrected chi connectivity index (χ2v) is 8.67. The minimum atomic E-state index is -0.400. The Labute approximate surface area is 195 Å². The number of aromatic nitrogens is 2. The van der Waals surface area contributed by atoms with Crippen LogP contribution < -0.4 is 0 Å². The lowest BCUT2D eigenvalue weighted by Crippen LogP contribution is -2.44. The Morgan fingerprint density at radius 1 is 1.00 bits per heavy atom. The maximum Gasteiger partial charge on any atom is 0.256 e. The van der Waals surface area contributed by atoms with Crippen molar-refractivity contribution in [1.82, 2.24) is 19.8 Å². The topological polar surface area (TPSA) is 69.6 Å². The van der Waals surface area contributed by atoms with Gasteiger partial charge in [-0.1, -0.05) is 42.5 Å². The van der Waals surface area contributed by atoms with Crippen LogP contribution in [0.15, 0.2) is 67.0 Å². The number of rotatable bonds is 7. The summed E-state index contributed by atoms with van der Waals surface area (Å²) in [5, 5.41) is 10.2. The van der Waals surface area contributed by atoms with Crippen LogP contribution >= 0.6 is 0 Å². The molecule has 2 heterocycles. The SMILES string of the molecule is CCN(CC)C(=O)c1cnc(C2(c3cccc(O)c3)CCN(Cc3ccccc3)CC2)nc1. The third-order valence-electron chi connectivity index (χ3n) is 6.73. The van der Waals surface area contributed by atoms with Crippen molar-refractivity contribution in [3.05, 3.63) is 89.5 Å². The maximum atomic E-state index is 12.7. The second-order valence-electron chi connectivity index (χ2n) is 8.67. The number of phenols is 1. The van der Waals surface area contributed by atoms with Crippen LogP contribution in [0.1, 0.15) is 54.0 Å². The molecule has 3 aromatic rings. The van der Waals surface area contributed by atoms with Crippen LogP contribution in [-0.2, 0) is 12.0 Å². The number of nitrogens with zero attached hydrogens (tertiary/aromatic N) is 4. The minimum absolute atomic E-state index is 0.0457. The number of likely N-dealkylation sites (tertiary alicyclic amines) is 1. The molecule has 1 aliphatic heterocycles. The monoisotopic (exact) mass is 444 g/mol. The number of phenolic OH excluding ortho intramolecular Hbond substituents is 1. The summed E-state index contributed by atoms with van der Waals surface area (Å²) in [4.78, 5) is 26.3. The van der Waals surface area contributed by atoms with E-state index in [4.69, 9.17) is 9.97 Å². The van der Waals surface area contributed by atoms with E-state index in [0.29, 0.717) is 24.5 Å². The highest BCUT2D eigenvalue weighted by atomic mass is 16.3. The summed E-state index contributed by atoms with van der Waals surface area (Å²) in [7, 11) is 0. The summed E-state index contributed by atoms with van der Waals surface area (Å²) >= 11 is 0. The number of carbonyl (C=O) groups is 1. The molecular weight excluding hydrogens is 412 g/mol. The zero-order valence-electron chi connectivity index (χ0n) is 19.4. The van der Waals surface area contributed by atoms with Crippen LogP contribution in [-0.4, -0.2) is 57.0 Å². The van der Waals surface area contributed by atoms with Crippen molar-refractivity contribution in [3.63, 3.8) is 0 Å². The number of amides is 1. The van der Waals surface area contributed by atoms with Crippen LogP contribution in [0.25, 0.3) is 0 Å². The summed E-state index contributed by atoms with van der Waals surface area (Å²) in [5.41, 5.74) is 2.43. The van der Waals surface area contributed by atoms with Crippen molar-refractivity contribution in [2.75, 3.05) is 26.2 Å². The van der Waals surface area contributed by atoms with Crippen LogP contribution in [0.5, 0.6) is 5.75 Å². The van der Waals surface area contributed by atoms with Gasteiger partial charge in [0.15, 0.2) is 0 Å². The molecule has 0 spiro atoms. The molecule has 0 aliphatic carbocycles. The van der Waals surface area contributed by atoms with Gasteiger partial charge in [0.25, 0.3) is 5.91 Å². The van der Waals surface area contributed by atoms with Gasteiger partial charge < -0.3 is 10.0 Å². The summed E-state index contributed by atoms with van der Waals surface area (Å²) in [6.07, 6.45) is 4.99. The number of hydrogen-bond acceptors (Lipinski definition) is 5. The van der Waals surface area contributed by atoms with Gasteiger partial charge in [-0.25, -0.2) is 9.97 Å². The molecule has 1 saturated heterocycles. The molecule has 2 aromatic carbocycles. The van der Waals surface area contributed by atoms with Gasteiger partial charge >= 0.3 is 0 Å². The molecule has 0 bridgehead atoms. The van der Waals surface area contributed by atoms with Gasteiger partial charge in [-0.2, -0.15) is 0 Å². The molecule has 0 atom stereocenters. The first kappa shape index (κ1) is 22.9. The average Bonchev–Trinajstić information content (AvgIpc) is 2.86. The maximum absolute atomic E-state index is 12.7. The molecule has 4 rings (SSSR count). The summed E-state index contributed by atoms with van der Waals surface area (Å²) in [6.45, 7) is 7.95. The predicted octanol–water partition coefficient (Wildman–Crippen LogP) is 4.25. The zero-order chi connectivity index (χ0) is 23.3. The Morgan fingerprint density at radius 3 is 2.27 bits per heavy atom. The number of hydrogen-bond donors (Lipinski definition) is 1. The molecule has 6 heteroatoms. The molecule has 6 nitrogen and oxygen atoms in total. The third kappa shape index (κ3) is 4.91. The number of carbonyl (C=O) groups excluding carboxylic acids is 1. The van der Waals surface area contributed by atoms with E-state index in [0.717, 1.165) is 38.0 Å².